The van der Waals surface area contributed by atoms with Gasteiger partial charge in [-0.3, -0.25) is 4.79 Å². The van der Waals surface area contributed by atoms with E-state index in [1.165, 1.54) is 11.3 Å². The molecule has 0 unspecified atom stereocenters. The highest BCUT2D eigenvalue weighted by Crippen LogP contribution is 2.35. The third kappa shape index (κ3) is 3.62. The van der Waals surface area contributed by atoms with Crippen LogP contribution < -0.4 is 19.5 Å². The Bertz CT molecular complexity index is 1150. The van der Waals surface area contributed by atoms with Gasteiger partial charge in [0, 0.05) is 6.07 Å². The Morgan fingerprint density at radius 2 is 2.00 bits per heavy atom. The van der Waals surface area contributed by atoms with Crippen LogP contribution in [0.15, 0.2) is 59.0 Å². The van der Waals surface area contributed by atoms with Gasteiger partial charge in [-0.2, -0.15) is 0 Å². The first-order chi connectivity index (χ1) is 14.3. The Morgan fingerprint density at radius 3 is 2.93 bits per heavy atom. The molecule has 1 aliphatic rings. The average molecular weight is 408 g/mol. The molecule has 1 amide bonds. The minimum absolute atomic E-state index is 0.219. The van der Waals surface area contributed by atoms with Crippen LogP contribution in [-0.2, 0) is 0 Å². The van der Waals surface area contributed by atoms with E-state index in [1.807, 2.05) is 24.3 Å². The normalized spacial score (nSPS) is 12.3. The number of hydrogen-bond donors (Lipinski definition) is 1. The highest BCUT2D eigenvalue weighted by molar-refractivity contribution is 7.21. The van der Waals surface area contributed by atoms with E-state index in [0.717, 1.165) is 15.2 Å². The summed E-state index contributed by atoms with van der Waals surface area (Å²) in [6.45, 7) is 0.873. The molecule has 2 aromatic heterocycles. The van der Waals surface area contributed by atoms with Crippen molar-refractivity contribution >= 4 is 27.5 Å². The zero-order valence-corrected chi connectivity index (χ0v) is 16.0. The third-order valence-corrected chi connectivity index (χ3v) is 5.39. The molecule has 1 aliphatic heterocycles. The number of nitrogens with one attached hydrogen (secondary N) is 1. The standard InChI is InChI=1S/C21H16N2O5S/c24-20(22-9-10-25-13-5-6-15-18(11-13)27-12-26-15)16-7-8-17(28-16)21-23-14-3-1-2-4-19(14)29-21/h1-8,11H,9-10,12H2,(H,22,24). The number of carbonyl (C=O) groups excluding carboxylic acids is 1. The molecule has 0 radical (unpaired) electrons. The van der Waals surface area contributed by atoms with Gasteiger partial charge in [0.25, 0.3) is 5.91 Å². The van der Waals surface area contributed by atoms with E-state index in [4.69, 9.17) is 18.6 Å². The maximum Gasteiger partial charge on any atom is 0.287 e. The number of rotatable bonds is 6. The molecule has 0 fully saturated rings. The van der Waals surface area contributed by atoms with Gasteiger partial charge < -0.3 is 23.9 Å². The number of fused-ring (bicyclic) bond motifs is 2. The maximum atomic E-state index is 12.3. The van der Waals surface area contributed by atoms with Gasteiger partial charge in [0.1, 0.15) is 12.4 Å². The summed E-state index contributed by atoms with van der Waals surface area (Å²) in [6.07, 6.45) is 0. The predicted octanol–water partition coefficient (Wildman–Crippen LogP) is 4.09. The Kier molecular flexibility index (Phi) is 4.53. The quantitative estimate of drug-likeness (QED) is 0.484. The lowest BCUT2D eigenvalue weighted by molar-refractivity contribution is 0.0920. The number of para-hydroxylation sites is 1. The van der Waals surface area contributed by atoms with Crippen LogP contribution in [-0.4, -0.2) is 30.8 Å². The molecular weight excluding hydrogens is 392 g/mol. The molecular formula is C21H16N2O5S. The lowest BCUT2D eigenvalue weighted by Gasteiger charge is -2.07. The molecule has 0 saturated heterocycles. The Hall–Kier alpha value is -3.52. The zero-order valence-electron chi connectivity index (χ0n) is 15.2. The highest BCUT2D eigenvalue weighted by Gasteiger charge is 2.16. The molecule has 0 spiro atoms. The summed E-state index contributed by atoms with van der Waals surface area (Å²) < 4.78 is 23.0. The number of hydrogen-bond acceptors (Lipinski definition) is 7. The van der Waals surface area contributed by atoms with Crippen molar-refractivity contribution in [1.29, 1.82) is 0 Å². The number of ether oxygens (including phenoxy) is 3. The molecule has 29 heavy (non-hydrogen) atoms. The van der Waals surface area contributed by atoms with Crippen LogP contribution in [0.5, 0.6) is 17.2 Å². The Balaban J connectivity index is 1.16. The molecule has 2 aromatic carbocycles. The number of aromatic nitrogens is 1. The number of thiazole rings is 1. The number of furan rings is 1. The summed E-state index contributed by atoms with van der Waals surface area (Å²) in [5, 5.41) is 3.53. The van der Waals surface area contributed by atoms with Crippen molar-refractivity contribution in [1.82, 2.24) is 10.3 Å². The highest BCUT2D eigenvalue weighted by atomic mass is 32.1. The third-order valence-electron chi connectivity index (χ3n) is 4.33. The van der Waals surface area contributed by atoms with Crippen molar-refractivity contribution in [2.24, 2.45) is 0 Å². The summed E-state index contributed by atoms with van der Waals surface area (Å²) in [6, 6.07) is 16.6. The van der Waals surface area contributed by atoms with E-state index in [-0.39, 0.29) is 18.5 Å². The Labute approximate surface area is 169 Å². The van der Waals surface area contributed by atoms with E-state index in [2.05, 4.69) is 10.3 Å². The summed E-state index contributed by atoms with van der Waals surface area (Å²) >= 11 is 1.53. The van der Waals surface area contributed by atoms with Gasteiger partial charge in [-0.25, -0.2) is 4.98 Å². The first kappa shape index (κ1) is 17.6. The molecule has 8 heteroatoms. The number of amides is 1. The van der Waals surface area contributed by atoms with Crippen LogP contribution in [0.2, 0.25) is 0 Å². The molecule has 1 N–H and O–H groups in total. The molecule has 146 valence electrons. The van der Waals surface area contributed by atoms with Gasteiger partial charge in [-0.1, -0.05) is 12.1 Å². The van der Waals surface area contributed by atoms with Crippen molar-refractivity contribution in [3.8, 4) is 28.0 Å². The zero-order chi connectivity index (χ0) is 19.6. The average Bonchev–Trinajstić information content (AvgIpc) is 3.49. The largest absolute Gasteiger partial charge is 0.492 e. The van der Waals surface area contributed by atoms with Crippen molar-refractivity contribution in [2.45, 2.75) is 0 Å². The molecule has 0 aliphatic carbocycles. The van der Waals surface area contributed by atoms with E-state index in [9.17, 15) is 4.79 Å². The summed E-state index contributed by atoms with van der Waals surface area (Å²) in [5.41, 5.74) is 0.913. The monoisotopic (exact) mass is 408 g/mol. The fraction of sp³-hybridized carbons (Fsp3) is 0.143. The van der Waals surface area contributed by atoms with Crippen LogP contribution in [0.3, 0.4) is 0 Å². The smallest absolute Gasteiger partial charge is 0.287 e. The second-order valence-corrected chi connectivity index (χ2v) is 7.30. The first-order valence-electron chi connectivity index (χ1n) is 9.03. The lowest BCUT2D eigenvalue weighted by Crippen LogP contribution is -2.27. The predicted molar refractivity (Wildman–Crippen MR) is 108 cm³/mol. The lowest BCUT2D eigenvalue weighted by atomic mass is 10.3. The van der Waals surface area contributed by atoms with Crippen LogP contribution in [0.25, 0.3) is 21.0 Å². The Morgan fingerprint density at radius 1 is 1.10 bits per heavy atom. The van der Waals surface area contributed by atoms with E-state index >= 15 is 0 Å². The van der Waals surface area contributed by atoms with Gasteiger partial charge >= 0.3 is 0 Å². The second kappa shape index (κ2) is 7.48. The van der Waals surface area contributed by atoms with Crippen molar-refractivity contribution < 1.29 is 23.4 Å². The van der Waals surface area contributed by atoms with Crippen molar-refractivity contribution in [2.75, 3.05) is 19.9 Å². The van der Waals surface area contributed by atoms with Crippen molar-refractivity contribution in [3.63, 3.8) is 0 Å². The van der Waals surface area contributed by atoms with Gasteiger partial charge in [0.15, 0.2) is 28.0 Å². The van der Waals surface area contributed by atoms with E-state index in [1.54, 1.807) is 30.3 Å². The first-order valence-corrected chi connectivity index (χ1v) is 9.84. The number of carbonyl (C=O) groups is 1. The fourth-order valence-corrected chi connectivity index (χ4v) is 3.87. The minimum atomic E-state index is -0.299. The summed E-state index contributed by atoms with van der Waals surface area (Å²) in [4.78, 5) is 16.9. The molecule has 7 nitrogen and oxygen atoms in total. The number of benzene rings is 2. The van der Waals surface area contributed by atoms with E-state index in [0.29, 0.717) is 36.2 Å². The van der Waals surface area contributed by atoms with Gasteiger partial charge in [-0.05, 0) is 36.4 Å². The topological polar surface area (TPSA) is 82.8 Å². The van der Waals surface area contributed by atoms with E-state index < -0.39 is 0 Å². The molecule has 0 saturated carbocycles. The number of nitrogens with zero attached hydrogens (tertiary/aromatic N) is 1. The maximum absolute atomic E-state index is 12.3. The summed E-state index contributed by atoms with van der Waals surface area (Å²) in [7, 11) is 0. The molecule has 0 bridgehead atoms. The van der Waals surface area contributed by atoms with Crippen LogP contribution in [0.1, 0.15) is 10.6 Å². The van der Waals surface area contributed by atoms with Crippen LogP contribution in [0.4, 0.5) is 0 Å². The fourth-order valence-electron chi connectivity index (χ4n) is 2.94. The molecule has 4 aromatic rings. The summed E-state index contributed by atoms with van der Waals surface area (Å²) in [5.74, 6) is 2.53. The molecule has 5 rings (SSSR count). The van der Waals surface area contributed by atoms with Crippen LogP contribution >= 0.6 is 11.3 Å². The molecule has 3 heterocycles. The van der Waals surface area contributed by atoms with Crippen molar-refractivity contribution in [3.05, 3.63) is 60.4 Å². The van der Waals surface area contributed by atoms with Gasteiger partial charge in [-0.15, -0.1) is 11.3 Å². The van der Waals surface area contributed by atoms with Crippen LogP contribution in [0, 0.1) is 0 Å². The van der Waals surface area contributed by atoms with Gasteiger partial charge in [0.2, 0.25) is 6.79 Å². The van der Waals surface area contributed by atoms with Gasteiger partial charge in [0.05, 0.1) is 16.8 Å². The minimum Gasteiger partial charge on any atom is -0.492 e. The second-order valence-electron chi connectivity index (χ2n) is 6.27. The molecule has 0 atom stereocenters. The SMILES string of the molecule is O=C(NCCOc1ccc2c(c1)OCO2)c1ccc(-c2nc3ccccc3s2)o1.